The number of aromatic nitrogens is 1. The highest BCUT2D eigenvalue weighted by atomic mass is 16.5. The molecule has 30 heavy (non-hydrogen) atoms. The Kier molecular flexibility index (Phi) is 7.77. The second-order valence-electron chi connectivity index (χ2n) is 6.57. The largest absolute Gasteiger partial charge is 0.485 e. The minimum Gasteiger partial charge on any atom is -0.485 e. The molecule has 1 heterocycles. The first-order chi connectivity index (χ1) is 14.7. The quantitative estimate of drug-likeness (QED) is 0.314. The summed E-state index contributed by atoms with van der Waals surface area (Å²) in [6.45, 7) is 2.71. The first kappa shape index (κ1) is 21.3. The smallest absolute Gasteiger partial charge is 0.230 e. The number of nitrogens with zero attached hydrogens (tertiary/aromatic N) is 2. The lowest BCUT2D eigenvalue weighted by molar-refractivity contribution is 0.184. The second kappa shape index (κ2) is 10.9. The Morgan fingerprint density at radius 3 is 2.50 bits per heavy atom. The molecule has 0 amide bonds. The Bertz CT molecular complexity index is 963. The number of rotatable bonds is 9. The summed E-state index contributed by atoms with van der Waals surface area (Å²) < 4.78 is 17.1. The minimum absolute atomic E-state index is 0.167. The fourth-order valence-corrected chi connectivity index (χ4v) is 2.80. The molecular weight excluding hydrogens is 382 g/mol. The van der Waals surface area contributed by atoms with Crippen molar-refractivity contribution in [2.45, 2.75) is 19.6 Å². The molecule has 0 aliphatic heterocycles. The van der Waals surface area contributed by atoms with Crippen molar-refractivity contribution in [1.29, 1.82) is 0 Å². The van der Waals surface area contributed by atoms with Crippen molar-refractivity contribution >= 4 is 5.84 Å². The highest BCUT2D eigenvalue weighted by Gasteiger charge is 2.15. The molecular formula is C23H25N3O4. The van der Waals surface area contributed by atoms with Gasteiger partial charge >= 0.3 is 0 Å². The van der Waals surface area contributed by atoms with Crippen molar-refractivity contribution in [2.75, 3.05) is 13.7 Å². The number of benzene rings is 2. The zero-order valence-corrected chi connectivity index (χ0v) is 17.0. The van der Waals surface area contributed by atoms with Crippen LogP contribution in [0.2, 0.25) is 0 Å². The summed E-state index contributed by atoms with van der Waals surface area (Å²) in [6.07, 6.45) is 1.61. The van der Waals surface area contributed by atoms with Gasteiger partial charge in [-0.25, -0.2) is 4.98 Å². The van der Waals surface area contributed by atoms with Gasteiger partial charge in [-0.05, 0) is 36.8 Å². The fourth-order valence-electron chi connectivity index (χ4n) is 2.80. The molecule has 1 aromatic heterocycles. The number of nitrogens with one attached hydrogen (secondary N) is 1. The highest BCUT2D eigenvalue weighted by Crippen LogP contribution is 2.32. The molecule has 2 aromatic carbocycles. The Morgan fingerprint density at radius 1 is 1.03 bits per heavy atom. The highest BCUT2D eigenvalue weighted by molar-refractivity contribution is 6.00. The van der Waals surface area contributed by atoms with Crippen molar-refractivity contribution in [1.82, 2.24) is 10.5 Å². The molecule has 0 aliphatic rings. The predicted octanol–water partition coefficient (Wildman–Crippen LogP) is 4.21. The van der Waals surface area contributed by atoms with E-state index < -0.39 is 0 Å². The van der Waals surface area contributed by atoms with Crippen LogP contribution in [0.4, 0.5) is 0 Å². The standard InChI is InChI=1S/C23H25N3O4/c1-17(15-28-2)25-22(26-27)19-11-8-14-24-23(19)30-21-13-7-6-12-20(21)29-16-18-9-4-3-5-10-18/h3-14,17,27H,15-16H2,1-2H3,(H,25,26). The Balaban J connectivity index is 1.83. The second-order valence-corrected chi connectivity index (χ2v) is 6.57. The summed E-state index contributed by atoms with van der Waals surface area (Å²) in [7, 11) is 1.60. The molecule has 0 radical (unpaired) electrons. The van der Waals surface area contributed by atoms with Crippen molar-refractivity contribution in [3.8, 4) is 17.4 Å². The van der Waals surface area contributed by atoms with Crippen molar-refractivity contribution < 1.29 is 19.4 Å². The van der Waals surface area contributed by atoms with Gasteiger partial charge in [0.1, 0.15) is 6.61 Å². The Hall–Kier alpha value is -3.42. The number of aliphatic imine (C=N–C) groups is 1. The van der Waals surface area contributed by atoms with Gasteiger partial charge in [0.15, 0.2) is 17.3 Å². The van der Waals surface area contributed by atoms with E-state index in [0.29, 0.717) is 30.3 Å². The van der Waals surface area contributed by atoms with Gasteiger partial charge in [0.25, 0.3) is 0 Å². The van der Waals surface area contributed by atoms with Crippen LogP contribution in [-0.4, -0.2) is 35.8 Å². The number of ether oxygens (including phenoxy) is 3. The maximum atomic E-state index is 9.62. The molecule has 0 spiro atoms. The molecule has 0 bridgehead atoms. The van der Waals surface area contributed by atoms with E-state index in [-0.39, 0.29) is 17.8 Å². The number of pyridine rings is 1. The van der Waals surface area contributed by atoms with Gasteiger partial charge in [-0.2, -0.15) is 0 Å². The molecule has 3 rings (SSSR count). The molecule has 1 atom stereocenters. The average Bonchev–Trinajstić information content (AvgIpc) is 2.78. The average molecular weight is 407 g/mol. The van der Waals surface area contributed by atoms with Gasteiger partial charge in [-0.3, -0.25) is 15.7 Å². The molecule has 156 valence electrons. The molecule has 0 saturated heterocycles. The van der Waals surface area contributed by atoms with E-state index in [9.17, 15) is 5.21 Å². The number of hydrogen-bond donors (Lipinski definition) is 2. The molecule has 7 heteroatoms. The van der Waals surface area contributed by atoms with Crippen LogP contribution in [0, 0.1) is 0 Å². The molecule has 0 aliphatic carbocycles. The van der Waals surface area contributed by atoms with Gasteiger partial charge in [0.05, 0.1) is 18.2 Å². The predicted molar refractivity (Wildman–Crippen MR) is 114 cm³/mol. The molecule has 0 fully saturated rings. The summed E-state index contributed by atoms with van der Waals surface area (Å²) in [6, 6.07) is 20.6. The Morgan fingerprint density at radius 2 is 1.77 bits per heavy atom. The lowest BCUT2D eigenvalue weighted by atomic mass is 10.2. The SMILES string of the molecule is COCC(C)N=C(NO)c1cccnc1Oc1ccccc1OCc1ccccc1. The summed E-state index contributed by atoms with van der Waals surface area (Å²) >= 11 is 0. The number of hydroxylamine groups is 1. The van der Waals surface area contributed by atoms with Gasteiger partial charge < -0.3 is 14.2 Å². The van der Waals surface area contributed by atoms with Crippen molar-refractivity contribution in [3.05, 3.63) is 84.1 Å². The number of amidine groups is 1. The monoisotopic (exact) mass is 407 g/mol. The van der Waals surface area contributed by atoms with Crippen LogP contribution in [0.1, 0.15) is 18.1 Å². The Labute approximate surface area is 175 Å². The number of para-hydroxylation sites is 2. The van der Waals surface area contributed by atoms with Crippen LogP contribution in [0.3, 0.4) is 0 Å². The van der Waals surface area contributed by atoms with Crippen LogP contribution < -0.4 is 15.0 Å². The maximum absolute atomic E-state index is 9.62. The maximum Gasteiger partial charge on any atom is 0.230 e. The topological polar surface area (TPSA) is 85.2 Å². The van der Waals surface area contributed by atoms with E-state index in [4.69, 9.17) is 14.2 Å². The van der Waals surface area contributed by atoms with Crippen LogP contribution in [0.15, 0.2) is 77.9 Å². The van der Waals surface area contributed by atoms with Crippen LogP contribution in [0.5, 0.6) is 17.4 Å². The third kappa shape index (κ3) is 5.79. The van der Waals surface area contributed by atoms with Crippen molar-refractivity contribution in [3.63, 3.8) is 0 Å². The molecule has 0 saturated carbocycles. The number of hydrogen-bond acceptors (Lipinski definition) is 6. The zero-order chi connectivity index (χ0) is 21.2. The number of methoxy groups -OCH3 is 1. The van der Waals surface area contributed by atoms with Crippen LogP contribution >= 0.6 is 0 Å². The van der Waals surface area contributed by atoms with E-state index in [1.807, 2.05) is 55.5 Å². The zero-order valence-electron chi connectivity index (χ0n) is 17.0. The van der Waals surface area contributed by atoms with E-state index in [1.54, 1.807) is 31.5 Å². The first-order valence-electron chi connectivity index (χ1n) is 9.57. The third-order valence-electron chi connectivity index (χ3n) is 4.18. The van der Waals surface area contributed by atoms with E-state index >= 15 is 0 Å². The van der Waals surface area contributed by atoms with E-state index in [1.165, 1.54) is 0 Å². The summed E-state index contributed by atoms with van der Waals surface area (Å²) in [5, 5.41) is 9.62. The summed E-state index contributed by atoms with van der Waals surface area (Å²) in [4.78, 5) is 8.75. The van der Waals surface area contributed by atoms with Gasteiger partial charge in [0, 0.05) is 13.3 Å². The van der Waals surface area contributed by atoms with Gasteiger partial charge in [-0.1, -0.05) is 42.5 Å². The fraction of sp³-hybridized carbons (Fsp3) is 0.217. The third-order valence-corrected chi connectivity index (χ3v) is 4.18. The van der Waals surface area contributed by atoms with E-state index in [0.717, 1.165) is 5.56 Å². The molecule has 3 aromatic rings. The lowest BCUT2D eigenvalue weighted by Gasteiger charge is -2.15. The van der Waals surface area contributed by atoms with Gasteiger partial charge in [-0.15, -0.1) is 0 Å². The molecule has 7 nitrogen and oxygen atoms in total. The van der Waals surface area contributed by atoms with Crippen molar-refractivity contribution in [2.24, 2.45) is 4.99 Å². The van der Waals surface area contributed by atoms with E-state index in [2.05, 4.69) is 15.5 Å². The van der Waals surface area contributed by atoms with Gasteiger partial charge in [0.2, 0.25) is 5.88 Å². The first-order valence-corrected chi connectivity index (χ1v) is 9.57. The minimum atomic E-state index is -0.167. The normalized spacial score (nSPS) is 12.3. The summed E-state index contributed by atoms with van der Waals surface area (Å²) in [5.74, 6) is 1.63. The molecule has 1 unspecified atom stereocenters. The van der Waals surface area contributed by atoms with Crippen LogP contribution in [0.25, 0.3) is 0 Å². The summed E-state index contributed by atoms with van der Waals surface area (Å²) in [5.41, 5.74) is 3.71. The van der Waals surface area contributed by atoms with Crippen LogP contribution in [-0.2, 0) is 11.3 Å². The molecule has 2 N–H and O–H groups in total. The lowest BCUT2D eigenvalue weighted by Crippen LogP contribution is -2.24.